The Hall–Kier alpha value is -1.54. The normalized spacial score (nSPS) is 21.8. The van der Waals surface area contributed by atoms with Gasteiger partial charge in [0.25, 0.3) is 11.3 Å². The molecular formula is C16H23FN2O4S. The highest BCUT2D eigenvalue weighted by atomic mass is 32.2. The molecule has 0 spiro atoms. The minimum Gasteiger partial charge on any atom is -0.443 e. The molecule has 6 nitrogen and oxygen atoms in total. The zero-order valence-corrected chi connectivity index (χ0v) is 15.4. The molecule has 2 unspecified atom stereocenters. The van der Waals surface area contributed by atoms with Gasteiger partial charge in [-0.1, -0.05) is 6.07 Å². The first-order valence-electron chi connectivity index (χ1n) is 7.69. The summed E-state index contributed by atoms with van der Waals surface area (Å²) in [6.45, 7) is 8.23. The Bertz CT molecular complexity index is 622. The van der Waals surface area contributed by atoms with Crippen molar-refractivity contribution in [1.29, 1.82) is 0 Å². The average Bonchev–Trinajstić information content (AvgIpc) is 2.77. The number of alkyl halides is 1. The number of hydrogen-bond donors (Lipinski definition) is 0. The largest absolute Gasteiger partial charge is 0.443 e. The highest BCUT2D eigenvalue weighted by molar-refractivity contribution is 7.78. The molecule has 2 heterocycles. The topological polar surface area (TPSA) is 68.7 Å². The van der Waals surface area contributed by atoms with Crippen LogP contribution in [-0.4, -0.2) is 37.8 Å². The summed E-state index contributed by atoms with van der Waals surface area (Å²) in [7, 11) is 0. The fraction of sp³-hybridized carbons (Fsp3) is 0.625. The van der Waals surface area contributed by atoms with Crippen LogP contribution in [-0.2, 0) is 32.3 Å². The number of halogens is 1. The number of carbonyl (C=O) groups excluding carboxylic acids is 1. The molecule has 0 radical (unpaired) electrons. The predicted molar refractivity (Wildman–Crippen MR) is 88.0 cm³/mol. The second-order valence-electron chi connectivity index (χ2n) is 7.19. The van der Waals surface area contributed by atoms with Crippen molar-refractivity contribution >= 4 is 17.4 Å². The lowest BCUT2D eigenvalue weighted by atomic mass is 10.0. The summed E-state index contributed by atoms with van der Waals surface area (Å²) in [6.07, 6.45) is 1.27. The standard InChI is InChI=1S/C16H23FN2O4S/c1-15(2,3)23-14(20)19-12(10-22-24(19)21)8-11-6-7-13(18-9-11)16(4,5)17/h6-7,9,12H,8,10H2,1-5H3. The van der Waals surface area contributed by atoms with E-state index in [9.17, 15) is 13.4 Å². The fourth-order valence-corrected chi connectivity index (χ4v) is 3.14. The predicted octanol–water partition coefficient (Wildman–Crippen LogP) is 3.04. The van der Waals surface area contributed by atoms with Gasteiger partial charge in [0.2, 0.25) is 0 Å². The van der Waals surface area contributed by atoms with E-state index >= 15 is 0 Å². The molecular weight excluding hydrogens is 335 g/mol. The molecule has 0 bridgehead atoms. The summed E-state index contributed by atoms with van der Waals surface area (Å²) in [5, 5.41) is 0. The Morgan fingerprint density at radius 2 is 2.08 bits per heavy atom. The highest BCUT2D eigenvalue weighted by Crippen LogP contribution is 2.25. The first kappa shape index (κ1) is 18.8. The minimum absolute atomic E-state index is 0.141. The number of nitrogens with zero attached hydrogens (tertiary/aromatic N) is 2. The van der Waals surface area contributed by atoms with Gasteiger partial charge in [-0.3, -0.25) is 9.17 Å². The van der Waals surface area contributed by atoms with Crippen molar-refractivity contribution in [3.63, 3.8) is 0 Å². The fourth-order valence-electron chi connectivity index (χ4n) is 2.21. The lowest BCUT2D eigenvalue weighted by molar-refractivity contribution is 0.0363. The second-order valence-corrected chi connectivity index (χ2v) is 8.25. The maximum absolute atomic E-state index is 13.8. The molecule has 0 aromatic carbocycles. The van der Waals surface area contributed by atoms with Gasteiger partial charge in [-0.05, 0) is 52.7 Å². The molecule has 24 heavy (non-hydrogen) atoms. The van der Waals surface area contributed by atoms with Gasteiger partial charge in [0.15, 0.2) is 0 Å². The Labute approximate surface area is 144 Å². The Kier molecular flexibility index (Phi) is 5.29. The van der Waals surface area contributed by atoms with E-state index in [1.54, 1.807) is 39.1 Å². The van der Waals surface area contributed by atoms with Crippen LogP contribution in [0.2, 0.25) is 0 Å². The zero-order valence-electron chi connectivity index (χ0n) is 14.5. The molecule has 1 saturated heterocycles. The summed E-state index contributed by atoms with van der Waals surface area (Å²) in [6, 6.07) is 2.93. The van der Waals surface area contributed by atoms with E-state index in [-0.39, 0.29) is 6.61 Å². The molecule has 2 rings (SSSR count). The quantitative estimate of drug-likeness (QED) is 0.831. The molecule has 0 saturated carbocycles. The van der Waals surface area contributed by atoms with Crippen LogP contribution in [0, 0.1) is 0 Å². The monoisotopic (exact) mass is 358 g/mol. The van der Waals surface area contributed by atoms with Crippen LogP contribution in [0.3, 0.4) is 0 Å². The van der Waals surface area contributed by atoms with Crippen LogP contribution < -0.4 is 0 Å². The summed E-state index contributed by atoms with van der Waals surface area (Å²) in [5.41, 5.74) is -1.07. The molecule has 1 aliphatic heterocycles. The third-order valence-corrected chi connectivity index (χ3v) is 4.44. The zero-order chi connectivity index (χ0) is 18.1. The Morgan fingerprint density at radius 3 is 2.58 bits per heavy atom. The maximum Gasteiger partial charge on any atom is 0.424 e. The van der Waals surface area contributed by atoms with E-state index in [1.165, 1.54) is 13.8 Å². The summed E-state index contributed by atoms with van der Waals surface area (Å²) in [4.78, 5) is 16.3. The molecule has 2 atom stereocenters. The minimum atomic E-state index is -1.87. The Balaban J connectivity index is 2.10. The van der Waals surface area contributed by atoms with Gasteiger partial charge in [-0.2, -0.15) is 4.31 Å². The molecule has 1 aromatic rings. The van der Waals surface area contributed by atoms with Gasteiger partial charge in [-0.25, -0.2) is 13.4 Å². The number of amides is 1. The molecule has 0 aliphatic carbocycles. The number of hydrogen-bond acceptors (Lipinski definition) is 5. The number of aromatic nitrogens is 1. The molecule has 1 amide bonds. The SMILES string of the molecule is CC(C)(C)OC(=O)N1C(Cc2ccc(C(C)(C)F)nc2)COS1=O. The van der Waals surface area contributed by atoms with Crippen molar-refractivity contribution in [3.05, 3.63) is 29.6 Å². The van der Waals surface area contributed by atoms with Crippen LogP contribution in [0.5, 0.6) is 0 Å². The van der Waals surface area contributed by atoms with Crippen LogP contribution >= 0.6 is 0 Å². The summed E-state index contributed by atoms with van der Waals surface area (Å²) >= 11 is -1.87. The van der Waals surface area contributed by atoms with Crippen LogP contribution in [0.15, 0.2) is 18.3 Å². The summed E-state index contributed by atoms with van der Waals surface area (Å²) in [5.74, 6) is 0. The van der Waals surface area contributed by atoms with Gasteiger partial charge in [0.1, 0.15) is 11.3 Å². The first-order chi connectivity index (χ1) is 11.0. The maximum atomic E-state index is 13.8. The second kappa shape index (κ2) is 6.76. The molecule has 8 heteroatoms. The van der Waals surface area contributed by atoms with Gasteiger partial charge < -0.3 is 4.74 Å². The van der Waals surface area contributed by atoms with Crippen molar-refractivity contribution < 1.29 is 22.3 Å². The van der Waals surface area contributed by atoms with Crippen LogP contribution in [0.4, 0.5) is 9.18 Å². The van der Waals surface area contributed by atoms with E-state index in [0.29, 0.717) is 12.1 Å². The highest BCUT2D eigenvalue weighted by Gasteiger charge is 2.39. The summed E-state index contributed by atoms with van der Waals surface area (Å²) < 4.78 is 37.2. The lowest BCUT2D eigenvalue weighted by Crippen LogP contribution is -2.41. The first-order valence-corrected chi connectivity index (χ1v) is 8.72. The average molecular weight is 358 g/mol. The van der Waals surface area contributed by atoms with E-state index in [0.717, 1.165) is 9.87 Å². The van der Waals surface area contributed by atoms with Gasteiger partial charge >= 0.3 is 6.09 Å². The number of pyridine rings is 1. The van der Waals surface area contributed by atoms with Crippen molar-refractivity contribution in [3.8, 4) is 0 Å². The third kappa shape index (κ3) is 4.73. The van der Waals surface area contributed by atoms with Gasteiger partial charge in [0, 0.05) is 6.20 Å². The van der Waals surface area contributed by atoms with E-state index in [2.05, 4.69) is 4.98 Å². The molecule has 1 fully saturated rings. The van der Waals surface area contributed by atoms with E-state index in [4.69, 9.17) is 8.92 Å². The van der Waals surface area contributed by atoms with Crippen molar-refractivity contribution in [1.82, 2.24) is 9.29 Å². The number of ether oxygens (including phenoxy) is 1. The molecule has 1 aliphatic rings. The Morgan fingerprint density at radius 1 is 1.42 bits per heavy atom. The van der Waals surface area contributed by atoms with Crippen molar-refractivity contribution in [2.24, 2.45) is 0 Å². The third-order valence-electron chi connectivity index (χ3n) is 3.33. The van der Waals surface area contributed by atoms with Crippen molar-refractivity contribution in [2.45, 2.75) is 58.4 Å². The van der Waals surface area contributed by atoms with Crippen LogP contribution in [0.1, 0.15) is 45.9 Å². The lowest BCUT2D eigenvalue weighted by Gasteiger charge is -2.25. The van der Waals surface area contributed by atoms with Crippen molar-refractivity contribution in [2.75, 3.05) is 6.61 Å². The van der Waals surface area contributed by atoms with E-state index < -0.39 is 34.7 Å². The molecule has 134 valence electrons. The molecule has 1 aromatic heterocycles. The van der Waals surface area contributed by atoms with E-state index in [1.807, 2.05) is 0 Å². The van der Waals surface area contributed by atoms with Gasteiger partial charge in [0.05, 0.1) is 18.3 Å². The number of rotatable bonds is 3. The number of carbonyl (C=O) groups is 1. The smallest absolute Gasteiger partial charge is 0.424 e. The van der Waals surface area contributed by atoms with Gasteiger partial charge in [-0.15, -0.1) is 0 Å². The molecule has 0 N–H and O–H groups in total. The van der Waals surface area contributed by atoms with Crippen LogP contribution in [0.25, 0.3) is 0 Å².